The van der Waals surface area contributed by atoms with Crippen molar-refractivity contribution >= 4 is 52.9 Å². The van der Waals surface area contributed by atoms with Crippen molar-refractivity contribution in [3.05, 3.63) is 45.7 Å². The number of benzene rings is 1. The SMILES string of the molecule is CN=C(NCCC(=O)N1CCN(c2ccc(F)cc2)CC1)NCc1nc(C)c(C)s1.I. The number of aliphatic imine (C=N–C) groups is 1. The maximum atomic E-state index is 13.1. The molecular formula is C21H30FIN6OS. The van der Waals surface area contributed by atoms with E-state index in [0.717, 1.165) is 29.5 Å². The Balaban J connectivity index is 0.00000341. The van der Waals surface area contributed by atoms with Gasteiger partial charge in [0.2, 0.25) is 5.91 Å². The number of aromatic nitrogens is 1. The molecule has 2 heterocycles. The number of guanidine groups is 1. The molecule has 7 nitrogen and oxygen atoms in total. The van der Waals surface area contributed by atoms with E-state index >= 15 is 0 Å². The molecule has 0 atom stereocenters. The maximum Gasteiger partial charge on any atom is 0.224 e. The molecule has 3 rings (SSSR count). The Morgan fingerprint density at radius 2 is 1.84 bits per heavy atom. The molecule has 0 radical (unpaired) electrons. The van der Waals surface area contributed by atoms with Crippen LogP contribution in [0.15, 0.2) is 29.3 Å². The van der Waals surface area contributed by atoms with Crippen LogP contribution in [0, 0.1) is 19.7 Å². The van der Waals surface area contributed by atoms with Crippen LogP contribution in [-0.2, 0) is 11.3 Å². The largest absolute Gasteiger partial charge is 0.368 e. The molecule has 2 N–H and O–H groups in total. The number of carbonyl (C=O) groups excluding carboxylic acids is 1. The fourth-order valence-electron chi connectivity index (χ4n) is 3.31. The molecule has 1 aromatic carbocycles. The molecule has 31 heavy (non-hydrogen) atoms. The van der Waals surface area contributed by atoms with Crippen molar-refractivity contribution in [1.29, 1.82) is 0 Å². The van der Waals surface area contributed by atoms with E-state index in [1.54, 1.807) is 30.5 Å². The van der Waals surface area contributed by atoms with Crippen LogP contribution in [0.5, 0.6) is 0 Å². The molecule has 0 spiro atoms. The van der Waals surface area contributed by atoms with Gasteiger partial charge in [-0.25, -0.2) is 9.37 Å². The van der Waals surface area contributed by atoms with Gasteiger partial charge in [-0.3, -0.25) is 9.79 Å². The van der Waals surface area contributed by atoms with E-state index in [1.165, 1.54) is 17.0 Å². The van der Waals surface area contributed by atoms with E-state index < -0.39 is 0 Å². The van der Waals surface area contributed by atoms with Gasteiger partial charge in [0.15, 0.2) is 5.96 Å². The first-order valence-corrected chi connectivity index (χ1v) is 10.9. The van der Waals surface area contributed by atoms with Crippen LogP contribution in [0.4, 0.5) is 10.1 Å². The highest BCUT2D eigenvalue weighted by Gasteiger charge is 2.21. The Kier molecular flexibility index (Phi) is 9.94. The zero-order valence-electron chi connectivity index (χ0n) is 18.2. The summed E-state index contributed by atoms with van der Waals surface area (Å²) in [6.45, 7) is 8.05. The molecule has 1 aromatic heterocycles. The maximum absolute atomic E-state index is 13.1. The third-order valence-corrected chi connectivity index (χ3v) is 6.23. The van der Waals surface area contributed by atoms with Crippen LogP contribution in [0.1, 0.15) is 22.0 Å². The van der Waals surface area contributed by atoms with E-state index in [4.69, 9.17) is 0 Å². The van der Waals surface area contributed by atoms with Crippen LogP contribution in [0.25, 0.3) is 0 Å². The van der Waals surface area contributed by atoms with Gasteiger partial charge in [0.25, 0.3) is 0 Å². The van der Waals surface area contributed by atoms with Gasteiger partial charge >= 0.3 is 0 Å². The zero-order valence-corrected chi connectivity index (χ0v) is 21.3. The van der Waals surface area contributed by atoms with Crippen molar-refractivity contribution in [3.63, 3.8) is 0 Å². The third-order valence-electron chi connectivity index (χ3n) is 5.16. The number of amides is 1. The number of halogens is 2. The topological polar surface area (TPSA) is 72.9 Å². The van der Waals surface area contributed by atoms with Crippen LogP contribution >= 0.6 is 35.3 Å². The van der Waals surface area contributed by atoms with Gasteiger partial charge in [-0.15, -0.1) is 35.3 Å². The highest BCUT2D eigenvalue weighted by Crippen LogP contribution is 2.17. The number of nitrogens with zero attached hydrogens (tertiary/aromatic N) is 4. The normalized spacial score (nSPS) is 14.3. The predicted octanol–water partition coefficient (Wildman–Crippen LogP) is 2.92. The Morgan fingerprint density at radius 1 is 1.16 bits per heavy atom. The average molecular weight is 560 g/mol. The van der Waals surface area contributed by atoms with E-state index in [-0.39, 0.29) is 35.7 Å². The molecule has 0 bridgehead atoms. The number of piperazine rings is 1. The van der Waals surface area contributed by atoms with Gasteiger partial charge < -0.3 is 20.4 Å². The summed E-state index contributed by atoms with van der Waals surface area (Å²) in [5.74, 6) is 0.554. The van der Waals surface area contributed by atoms with Crippen molar-refractivity contribution in [1.82, 2.24) is 20.5 Å². The highest BCUT2D eigenvalue weighted by molar-refractivity contribution is 14.0. The second-order valence-electron chi connectivity index (χ2n) is 7.20. The number of carbonyl (C=O) groups is 1. The summed E-state index contributed by atoms with van der Waals surface area (Å²) in [6, 6.07) is 6.50. The standard InChI is InChI=1S/C21H29FN6OS.HI/c1-15-16(2)30-19(26-15)14-25-21(23-3)24-9-8-20(29)28-12-10-27(11-13-28)18-6-4-17(22)5-7-18;/h4-7H,8-14H2,1-3H3,(H2,23,24,25);1H. The summed E-state index contributed by atoms with van der Waals surface area (Å²) < 4.78 is 13.1. The summed E-state index contributed by atoms with van der Waals surface area (Å²) in [5.41, 5.74) is 2.05. The summed E-state index contributed by atoms with van der Waals surface area (Å²) in [6.07, 6.45) is 0.409. The lowest BCUT2D eigenvalue weighted by Crippen LogP contribution is -2.49. The van der Waals surface area contributed by atoms with Crippen molar-refractivity contribution < 1.29 is 9.18 Å². The van der Waals surface area contributed by atoms with Crippen LogP contribution in [0.2, 0.25) is 0 Å². The number of anilines is 1. The third kappa shape index (κ3) is 7.30. The van der Waals surface area contributed by atoms with Gasteiger partial charge in [0, 0.05) is 56.8 Å². The van der Waals surface area contributed by atoms with Crippen molar-refractivity contribution in [3.8, 4) is 0 Å². The first-order valence-electron chi connectivity index (χ1n) is 10.1. The molecular weight excluding hydrogens is 530 g/mol. The van der Waals surface area contributed by atoms with Crippen molar-refractivity contribution in [2.24, 2.45) is 4.99 Å². The molecule has 0 aliphatic carbocycles. The summed E-state index contributed by atoms with van der Waals surface area (Å²) in [4.78, 5) is 26.5. The number of thiazole rings is 1. The minimum atomic E-state index is -0.235. The van der Waals surface area contributed by atoms with Gasteiger partial charge in [-0.1, -0.05) is 0 Å². The molecule has 0 unspecified atom stereocenters. The fraction of sp³-hybridized carbons (Fsp3) is 0.476. The molecule has 10 heteroatoms. The smallest absolute Gasteiger partial charge is 0.224 e. The van der Waals surface area contributed by atoms with E-state index in [2.05, 4.69) is 32.4 Å². The highest BCUT2D eigenvalue weighted by atomic mass is 127. The molecule has 170 valence electrons. The van der Waals surface area contributed by atoms with Crippen LogP contribution < -0.4 is 15.5 Å². The van der Waals surface area contributed by atoms with Gasteiger partial charge in [0.05, 0.1) is 12.2 Å². The zero-order chi connectivity index (χ0) is 21.5. The van der Waals surface area contributed by atoms with Gasteiger partial charge in [-0.05, 0) is 38.1 Å². The molecule has 1 aliphatic heterocycles. The van der Waals surface area contributed by atoms with Crippen LogP contribution in [-0.4, -0.2) is 61.5 Å². The molecule has 1 saturated heterocycles. The first kappa shape index (κ1) is 25.3. The van der Waals surface area contributed by atoms with Gasteiger partial charge in [0.1, 0.15) is 10.8 Å². The lowest BCUT2D eigenvalue weighted by molar-refractivity contribution is -0.131. The Labute approximate surface area is 204 Å². The van der Waals surface area contributed by atoms with Crippen molar-refractivity contribution in [2.45, 2.75) is 26.8 Å². The minimum Gasteiger partial charge on any atom is -0.368 e. The number of nitrogens with one attached hydrogen (secondary N) is 2. The second kappa shape index (κ2) is 12.2. The summed E-state index contributed by atoms with van der Waals surface area (Å²) >= 11 is 1.67. The molecule has 1 amide bonds. The minimum absolute atomic E-state index is 0. The fourth-order valence-corrected chi connectivity index (χ4v) is 4.18. The average Bonchev–Trinajstić information content (AvgIpc) is 3.08. The number of aryl methyl sites for hydroxylation is 2. The first-order chi connectivity index (χ1) is 14.5. The van der Waals surface area contributed by atoms with Crippen molar-refractivity contribution in [2.75, 3.05) is 44.7 Å². The Hall–Kier alpha value is -1.95. The Morgan fingerprint density at radius 3 is 2.42 bits per heavy atom. The quantitative estimate of drug-likeness (QED) is 0.323. The molecule has 0 saturated carbocycles. The summed E-state index contributed by atoms with van der Waals surface area (Å²) in [5, 5.41) is 7.45. The molecule has 2 aromatic rings. The number of rotatable bonds is 6. The lowest BCUT2D eigenvalue weighted by Gasteiger charge is -2.36. The van der Waals surface area contributed by atoms with E-state index in [1.807, 2.05) is 11.8 Å². The Bertz CT molecular complexity index is 861. The predicted molar refractivity (Wildman–Crippen MR) is 135 cm³/mol. The lowest BCUT2D eigenvalue weighted by atomic mass is 10.2. The number of hydrogen-bond donors (Lipinski definition) is 2. The van der Waals surface area contributed by atoms with Gasteiger partial charge in [-0.2, -0.15) is 0 Å². The molecule has 1 aliphatic rings. The number of hydrogen-bond acceptors (Lipinski definition) is 5. The van der Waals surface area contributed by atoms with E-state index in [9.17, 15) is 9.18 Å². The second-order valence-corrected chi connectivity index (χ2v) is 8.48. The van der Waals surface area contributed by atoms with E-state index in [0.29, 0.717) is 38.6 Å². The summed E-state index contributed by atoms with van der Waals surface area (Å²) in [7, 11) is 1.71. The van der Waals surface area contributed by atoms with Crippen LogP contribution in [0.3, 0.4) is 0 Å². The monoisotopic (exact) mass is 560 g/mol. The molecule has 1 fully saturated rings.